The van der Waals surface area contributed by atoms with E-state index in [4.69, 9.17) is 0 Å². The van der Waals surface area contributed by atoms with Crippen LogP contribution in [-0.4, -0.2) is 13.3 Å². The number of nitro benzene ring substituents is 1. The van der Waals surface area contributed by atoms with Crippen LogP contribution in [0.25, 0.3) is 0 Å². The fourth-order valence-corrected chi connectivity index (χ4v) is 3.67. The molecule has 0 saturated carbocycles. The number of non-ortho nitro benzene ring substituents is 1. The van der Waals surface area contributed by atoms with E-state index in [1.165, 1.54) is 30.3 Å². The fraction of sp³-hybridized carbons (Fsp3) is 0.0769. The van der Waals surface area contributed by atoms with Crippen LogP contribution >= 0.6 is 15.9 Å². The first-order valence-electron chi connectivity index (χ1n) is 5.88. The van der Waals surface area contributed by atoms with Gasteiger partial charge in [-0.05, 0) is 33.6 Å². The molecule has 110 valence electrons. The van der Waals surface area contributed by atoms with Crippen LogP contribution in [0.1, 0.15) is 5.56 Å². The molecule has 6 nitrogen and oxygen atoms in total. The Morgan fingerprint density at radius 3 is 2.29 bits per heavy atom. The van der Waals surface area contributed by atoms with Crippen molar-refractivity contribution in [2.24, 2.45) is 0 Å². The standard InChI is InChI=1S/C13H11BrN2O4S/c14-12-3-1-2-4-13(12)21(19,20)15-9-10-5-7-11(8-6-10)16(17)18/h1-8,15H,9H2. The average Bonchev–Trinajstić information content (AvgIpc) is 2.46. The lowest BCUT2D eigenvalue weighted by molar-refractivity contribution is -0.384. The van der Waals surface area contributed by atoms with E-state index in [1.54, 1.807) is 18.2 Å². The molecule has 2 aromatic rings. The van der Waals surface area contributed by atoms with E-state index >= 15 is 0 Å². The van der Waals surface area contributed by atoms with Crippen LogP contribution < -0.4 is 4.72 Å². The molecule has 1 N–H and O–H groups in total. The molecule has 0 atom stereocenters. The summed E-state index contributed by atoms with van der Waals surface area (Å²) in [5.41, 5.74) is 0.601. The van der Waals surface area contributed by atoms with Gasteiger partial charge in [-0.25, -0.2) is 13.1 Å². The molecule has 2 rings (SSSR count). The van der Waals surface area contributed by atoms with E-state index in [1.807, 2.05) is 0 Å². The number of rotatable bonds is 5. The first-order chi connectivity index (χ1) is 9.90. The van der Waals surface area contributed by atoms with Gasteiger partial charge in [-0.2, -0.15) is 0 Å². The molecule has 2 aromatic carbocycles. The molecule has 0 radical (unpaired) electrons. The first kappa shape index (κ1) is 15.6. The van der Waals surface area contributed by atoms with E-state index < -0.39 is 14.9 Å². The molecule has 0 spiro atoms. The van der Waals surface area contributed by atoms with Gasteiger partial charge in [0.2, 0.25) is 10.0 Å². The number of nitro groups is 1. The Morgan fingerprint density at radius 1 is 1.10 bits per heavy atom. The summed E-state index contributed by atoms with van der Waals surface area (Å²) in [6, 6.07) is 12.2. The molecule has 21 heavy (non-hydrogen) atoms. The predicted molar refractivity (Wildman–Crippen MR) is 81.3 cm³/mol. The van der Waals surface area contributed by atoms with Gasteiger partial charge in [0, 0.05) is 23.2 Å². The highest BCUT2D eigenvalue weighted by Crippen LogP contribution is 2.21. The highest BCUT2D eigenvalue weighted by Gasteiger charge is 2.16. The Balaban J connectivity index is 2.12. The second-order valence-electron chi connectivity index (χ2n) is 4.18. The minimum Gasteiger partial charge on any atom is -0.258 e. The Kier molecular flexibility index (Phi) is 4.71. The van der Waals surface area contributed by atoms with Crippen molar-refractivity contribution in [3.05, 3.63) is 68.7 Å². The van der Waals surface area contributed by atoms with Crippen molar-refractivity contribution in [2.75, 3.05) is 0 Å². The molecule has 0 saturated heterocycles. The van der Waals surface area contributed by atoms with Crippen molar-refractivity contribution < 1.29 is 13.3 Å². The van der Waals surface area contributed by atoms with Gasteiger partial charge in [-0.15, -0.1) is 0 Å². The lowest BCUT2D eigenvalue weighted by Crippen LogP contribution is -2.23. The molecule has 0 aliphatic carbocycles. The van der Waals surface area contributed by atoms with Crippen LogP contribution in [-0.2, 0) is 16.6 Å². The van der Waals surface area contributed by atoms with E-state index in [-0.39, 0.29) is 17.1 Å². The summed E-state index contributed by atoms with van der Waals surface area (Å²) >= 11 is 3.19. The molecule has 8 heteroatoms. The number of sulfonamides is 1. The average molecular weight is 371 g/mol. The Hall–Kier alpha value is -1.77. The molecule has 0 aliphatic rings. The van der Waals surface area contributed by atoms with Crippen molar-refractivity contribution in [3.63, 3.8) is 0 Å². The summed E-state index contributed by atoms with van der Waals surface area (Å²) in [4.78, 5) is 10.2. The predicted octanol–water partition coefficient (Wildman–Crippen LogP) is 2.84. The third-order valence-corrected chi connectivity index (χ3v) is 5.15. The molecular formula is C13H11BrN2O4S. The Bertz CT molecular complexity index is 760. The molecule has 0 fully saturated rings. The highest BCUT2D eigenvalue weighted by atomic mass is 79.9. The first-order valence-corrected chi connectivity index (χ1v) is 8.15. The molecule has 0 aromatic heterocycles. The zero-order valence-electron chi connectivity index (χ0n) is 10.7. The zero-order valence-corrected chi connectivity index (χ0v) is 13.1. The van der Waals surface area contributed by atoms with Crippen molar-refractivity contribution in [3.8, 4) is 0 Å². The van der Waals surface area contributed by atoms with Crippen LogP contribution in [0.4, 0.5) is 5.69 Å². The van der Waals surface area contributed by atoms with Crippen LogP contribution in [0.3, 0.4) is 0 Å². The molecule has 0 amide bonds. The quantitative estimate of drug-likeness (QED) is 0.647. The van der Waals surface area contributed by atoms with Crippen LogP contribution in [0.5, 0.6) is 0 Å². The summed E-state index contributed by atoms with van der Waals surface area (Å²) in [6.45, 7) is 0.0572. The number of benzene rings is 2. The smallest absolute Gasteiger partial charge is 0.258 e. The minimum atomic E-state index is -3.65. The van der Waals surface area contributed by atoms with Gasteiger partial charge in [0.05, 0.1) is 9.82 Å². The Labute approximate surface area is 130 Å². The fourth-order valence-electron chi connectivity index (χ4n) is 1.65. The van der Waals surface area contributed by atoms with E-state index in [0.29, 0.717) is 10.0 Å². The van der Waals surface area contributed by atoms with Gasteiger partial charge in [-0.1, -0.05) is 24.3 Å². The second kappa shape index (κ2) is 6.33. The van der Waals surface area contributed by atoms with Crippen molar-refractivity contribution in [1.29, 1.82) is 0 Å². The van der Waals surface area contributed by atoms with Gasteiger partial charge in [-0.3, -0.25) is 10.1 Å². The maximum atomic E-state index is 12.2. The number of nitrogens with zero attached hydrogens (tertiary/aromatic N) is 1. The van der Waals surface area contributed by atoms with Gasteiger partial charge >= 0.3 is 0 Å². The normalized spacial score (nSPS) is 11.3. The van der Waals surface area contributed by atoms with Gasteiger partial charge in [0.15, 0.2) is 0 Å². The molecule has 0 bridgehead atoms. The largest absolute Gasteiger partial charge is 0.269 e. The maximum Gasteiger partial charge on any atom is 0.269 e. The van der Waals surface area contributed by atoms with Gasteiger partial charge in [0.1, 0.15) is 0 Å². The van der Waals surface area contributed by atoms with E-state index in [2.05, 4.69) is 20.7 Å². The van der Waals surface area contributed by atoms with Crippen molar-refractivity contribution in [2.45, 2.75) is 11.4 Å². The number of halogens is 1. The van der Waals surface area contributed by atoms with Gasteiger partial charge in [0.25, 0.3) is 5.69 Å². The van der Waals surface area contributed by atoms with Crippen molar-refractivity contribution >= 4 is 31.6 Å². The number of hydrogen-bond donors (Lipinski definition) is 1. The monoisotopic (exact) mass is 370 g/mol. The summed E-state index contributed by atoms with van der Waals surface area (Å²) in [6.07, 6.45) is 0. The zero-order chi connectivity index (χ0) is 15.5. The molecular weight excluding hydrogens is 360 g/mol. The van der Waals surface area contributed by atoms with Crippen LogP contribution in [0, 0.1) is 10.1 Å². The maximum absolute atomic E-state index is 12.2. The molecule has 0 unspecified atom stereocenters. The number of nitrogens with one attached hydrogen (secondary N) is 1. The summed E-state index contributed by atoms with van der Waals surface area (Å²) in [5, 5.41) is 10.5. The van der Waals surface area contributed by atoms with Crippen LogP contribution in [0.15, 0.2) is 57.9 Å². The van der Waals surface area contributed by atoms with E-state index in [9.17, 15) is 18.5 Å². The lowest BCUT2D eigenvalue weighted by atomic mass is 10.2. The summed E-state index contributed by atoms with van der Waals surface area (Å²) < 4.78 is 27.2. The lowest BCUT2D eigenvalue weighted by Gasteiger charge is -2.08. The third-order valence-electron chi connectivity index (χ3n) is 2.74. The molecule has 0 heterocycles. The topological polar surface area (TPSA) is 89.3 Å². The third kappa shape index (κ3) is 3.87. The summed E-state index contributed by atoms with van der Waals surface area (Å²) in [5.74, 6) is 0. The second-order valence-corrected chi connectivity index (χ2v) is 6.77. The minimum absolute atomic E-state index is 0.0348. The van der Waals surface area contributed by atoms with Crippen LogP contribution in [0.2, 0.25) is 0 Å². The SMILES string of the molecule is O=[N+]([O-])c1ccc(CNS(=O)(=O)c2ccccc2Br)cc1. The van der Waals surface area contributed by atoms with Gasteiger partial charge < -0.3 is 0 Å². The Morgan fingerprint density at radius 2 is 1.71 bits per heavy atom. The molecule has 0 aliphatic heterocycles. The van der Waals surface area contributed by atoms with E-state index in [0.717, 1.165) is 0 Å². The summed E-state index contributed by atoms with van der Waals surface area (Å²) in [7, 11) is -3.65. The van der Waals surface area contributed by atoms with Crippen molar-refractivity contribution in [1.82, 2.24) is 4.72 Å². The highest BCUT2D eigenvalue weighted by molar-refractivity contribution is 9.10. The number of hydrogen-bond acceptors (Lipinski definition) is 4.